The quantitative estimate of drug-likeness (QED) is 0.362. The summed E-state index contributed by atoms with van der Waals surface area (Å²) in [5.41, 5.74) is 1.81. The van der Waals surface area contributed by atoms with Crippen LogP contribution in [0.4, 0.5) is 5.69 Å². The second-order valence-corrected chi connectivity index (χ2v) is 8.23. The summed E-state index contributed by atoms with van der Waals surface area (Å²) in [5, 5.41) is 4.83. The molecule has 9 heteroatoms. The first kappa shape index (κ1) is 23.5. The van der Waals surface area contributed by atoms with E-state index >= 15 is 0 Å². The average Bonchev–Trinajstić information content (AvgIpc) is 2.75. The highest BCUT2D eigenvalue weighted by Crippen LogP contribution is 2.25. The van der Waals surface area contributed by atoms with Crippen molar-refractivity contribution in [1.82, 2.24) is 9.66 Å². The van der Waals surface area contributed by atoms with E-state index in [1.165, 1.54) is 10.9 Å². The minimum atomic E-state index is -0.802. The van der Waals surface area contributed by atoms with Crippen LogP contribution in [-0.4, -0.2) is 48.7 Å². The third-order valence-electron chi connectivity index (χ3n) is 4.72. The number of carbonyl (C=O) groups is 1. The maximum absolute atomic E-state index is 13.0. The highest BCUT2D eigenvalue weighted by molar-refractivity contribution is 9.10. The Hall–Kier alpha value is -3.20. The molecule has 0 aliphatic carbocycles. The van der Waals surface area contributed by atoms with E-state index in [9.17, 15) is 9.59 Å². The van der Waals surface area contributed by atoms with Gasteiger partial charge in [0.1, 0.15) is 11.6 Å². The molecule has 8 nitrogen and oxygen atoms in total. The summed E-state index contributed by atoms with van der Waals surface area (Å²) in [4.78, 5) is 31.4. The van der Waals surface area contributed by atoms with E-state index in [2.05, 4.69) is 26.0 Å². The van der Waals surface area contributed by atoms with Crippen LogP contribution < -0.4 is 15.2 Å². The molecule has 168 valence electrons. The van der Waals surface area contributed by atoms with E-state index in [4.69, 9.17) is 9.47 Å². The number of esters is 1. The number of nitrogens with zero attached hydrogens (tertiary/aromatic N) is 4. The lowest BCUT2D eigenvalue weighted by Crippen LogP contribution is -2.26. The molecule has 1 aromatic heterocycles. The monoisotopic (exact) mass is 500 g/mol. The van der Waals surface area contributed by atoms with Gasteiger partial charge in [-0.3, -0.25) is 4.79 Å². The molecule has 1 atom stereocenters. The first-order valence-corrected chi connectivity index (χ1v) is 10.9. The predicted molar refractivity (Wildman–Crippen MR) is 129 cm³/mol. The number of rotatable bonds is 7. The predicted octanol–water partition coefficient (Wildman–Crippen LogP) is 3.75. The molecule has 0 aliphatic heterocycles. The Kier molecular flexibility index (Phi) is 7.29. The van der Waals surface area contributed by atoms with E-state index in [1.54, 1.807) is 32.9 Å². The zero-order valence-electron chi connectivity index (χ0n) is 18.6. The number of fused-ring (bicyclic) bond motifs is 1. The first-order valence-electron chi connectivity index (χ1n) is 10.1. The molecule has 0 spiro atoms. The molecule has 0 fully saturated rings. The number of aromatic nitrogens is 2. The normalized spacial score (nSPS) is 12.2. The highest BCUT2D eigenvalue weighted by atomic mass is 79.9. The van der Waals surface area contributed by atoms with Crippen molar-refractivity contribution in [3.8, 4) is 5.75 Å². The molecule has 0 radical (unpaired) electrons. The number of hydrogen-bond acceptors (Lipinski definition) is 7. The largest absolute Gasteiger partial charge is 0.478 e. The number of aryl methyl sites for hydroxylation is 1. The third kappa shape index (κ3) is 5.16. The summed E-state index contributed by atoms with van der Waals surface area (Å²) >= 11 is 3.39. The Morgan fingerprint density at radius 3 is 2.72 bits per heavy atom. The van der Waals surface area contributed by atoms with Gasteiger partial charge in [-0.2, -0.15) is 9.78 Å². The molecule has 0 N–H and O–H groups in total. The minimum absolute atomic E-state index is 0.270. The Morgan fingerprint density at radius 1 is 1.28 bits per heavy atom. The van der Waals surface area contributed by atoms with Crippen LogP contribution in [0.2, 0.25) is 0 Å². The van der Waals surface area contributed by atoms with Gasteiger partial charge >= 0.3 is 5.97 Å². The van der Waals surface area contributed by atoms with Gasteiger partial charge in [-0.05, 0) is 51.1 Å². The lowest BCUT2D eigenvalue weighted by Gasteiger charge is -2.18. The van der Waals surface area contributed by atoms with E-state index in [-0.39, 0.29) is 12.2 Å². The molecule has 0 amide bonds. The number of ether oxygens (including phenoxy) is 2. The second kappa shape index (κ2) is 9.95. The molecule has 2 aromatic carbocycles. The molecule has 0 saturated carbocycles. The van der Waals surface area contributed by atoms with Gasteiger partial charge in [0.15, 0.2) is 6.10 Å². The summed E-state index contributed by atoms with van der Waals surface area (Å²) in [5.74, 6) is 0.443. The van der Waals surface area contributed by atoms with Gasteiger partial charge in [-0.15, -0.1) is 0 Å². The van der Waals surface area contributed by atoms with E-state index in [0.717, 1.165) is 10.2 Å². The summed E-state index contributed by atoms with van der Waals surface area (Å²) in [6.07, 6.45) is 0.718. The van der Waals surface area contributed by atoms with Gasteiger partial charge in [0, 0.05) is 35.9 Å². The van der Waals surface area contributed by atoms with Crippen LogP contribution in [0.15, 0.2) is 50.8 Å². The van der Waals surface area contributed by atoms with Crippen molar-refractivity contribution in [2.75, 3.05) is 25.6 Å². The third-order valence-corrected chi connectivity index (χ3v) is 5.21. The summed E-state index contributed by atoms with van der Waals surface area (Å²) in [6.45, 7) is 5.36. The van der Waals surface area contributed by atoms with Crippen LogP contribution in [0.3, 0.4) is 0 Å². The summed E-state index contributed by atoms with van der Waals surface area (Å²) in [7, 11) is 3.81. The highest BCUT2D eigenvalue weighted by Gasteiger charge is 2.18. The van der Waals surface area contributed by atoms with Crippen molar-refractivity contribution in [3.05, 3.63) is 62.6 Å². The minimum Gasteiger partial charge on any atom is -0.478 e. The second-order valence-electron chi connectivity index (χ2n) is 7.31. The fraction of sp³-hybridized carbons (Fsp3) is 0.304. The summed E-state index contributed by atoms with van der Waals surface area (Å²) < 4.78 is 12.9. The Balaban J connectivity index is 2.03. The lowest BCUT2D eigenvalue weighted by molar-refractivity contribution is -0.150. The van der Waals surface area contributed by atoms with E-state index in [1.807, 2.05) is 43.3 Å². The van der Waals surface area contributed by atoms with Crippen LogP contribution in [0.25, 0.3) is 10.9 Å². The standard InChI is InChI=1S/C23H25BrN4O4/c1-6-31-23(30)14(2)32-21-12-18(27(4)5)9-7-16(21)13-25-28-15(3)26-20-10-8-17(24)11-19(20)22(28)29/h7-14H,6H2,1-5H3/t14-/m0/s1. The first-order chi connectivity index (χ1) is 15.2. The molecular weight excluding hydrogens is 476 g/mol. The molecule has 0 unspecified atom stereocenters. The van der Waals surface area contributed by atoms with Gasteiger partial charge in [0.05, 0.1) is 23.7 Å². The average molecular weight is 501 g/mol. The van der Waals surface area contributed by atoms with Crippen LogP contribution >= 0.6 is 15.9 Å². The van der Waals surface area contributed by atoms with Crippen molar-refractivity contribution in [3.63, 3.8) is 0 Å². The molecule has 32 heavy (non-hydrogen) atoms. The SMILES string of the molecule is CCOC(=O)[C@H](C)Oc1cc(N(C)C)ccc1C=Nn1c(C)nc2ccc(Br)cc2c1=O. The molecule has 0 aliphatic rings. The fourth-order valence-corrected chi connectivity index (χ4v) is 3.38. The molecule has 0 saturated heterocycles. The van der Waals surface area contributed by atoms with Gasteiger partial charge in [-0.1, -0.05) is 15.9 Å². The smallest absolute Gasteiger partial charge is 0.347 e. The number of anilines is 1. The summed E-state index contributed by atoms with van der Waals surface area (Å²) in [6, 6.07) is 10.9. The van der Waals surface area contributed by atoms with Crippen molar-refractivity contribution in [2.45, 2.75) is 26.9 Å². The zero-order chi connectivity index (χ0) is 23.4. The molecule has 3 aromatic rings. The van der Waals surface area contributed by atoms with Crippen LogP contribution in [0.5, 0.6) is 5.75 Å². The lowest BCUT2D eigenvalue weighted by atomic mass is 10.2. The van der Waals surface area contributed by atoms with Crippen LogP contribution in [0, 0.1) is 6.92 Å². The maximum Gasteiger partial charge on any atom is 0.347 e. The van der Waals surface area contributed by atoms with Gasteiger partial charge in [-0.25, -0.2) is 9.78 Å². The van der Waals surface area contributed by atoms with Crippen molar-refractivity contribution < 1.29 is 14.3 Å². The van der Waals surface area contributed by atoms with E-state index < -0.39 is 12.1 Å². The van der Waals surface area contributed by atoms with Crippen molar-refractivity contribution in [1.29, 1.82) is 0 Å². The number of halogens is 1. The molecule has 0 bridgehead atoms. The van der Waals surface area contributed by atoms with E-state index in [0.29, 0.717) is 28.0 Å². The molecule has 1 heterocycles. The number of carbonyl (C=O) groups excluding carboxylic acids is 1. The molecule has 3 rings (SSSR count). The number of hydrogen-bond donors (Lipinski definition) is 0. The number of benzene rings is 2. The Labute approximate surface area is 194 Å². The maximum atomic E-state index is 13.0. The Bertz CT molecular complexity index is 1240. The van der Waals surface area contributed by atoms with Gasteiger partial charge in [0.25, 0.3) is 5.56 Å². The van der Waals surface area contributed by atoms with Crippen LogP contribution in [0.1, 0.15) is 25.2 Å². The van der Waals surface area contributed by atoms with Crippen LogP contribution in [-0.2, 0) is 9.53 Å². The van der Waals surface area contributed by atoms with Gasteiger partial charge < -0.3 is 14.4 Å². The van der Waals surface area contributed by atoms with Gasteiger partial charge in [0.2, 0.25) is 0 Å². The Morgan fingerprint density at radius 2 is 2.03 bits per heavy atom. The fourth-order valence-electron chi connectivity index (χ4n) is 3.02. The zero-order valence-corrected chi connectivity index (χ0v) is 20.2. The van der Waals surface area contributed by atoms with Crippen molar-refractivity contribution >= 4 is 44.7 Å². The van der Waals surface area contributed by atoms with Crippen molar-refractivity contribution in [2.24, 2.45) is 5.10 Å². The molecular formula is C23H25BrN4O4. The topological polar surface area (TPSA) is 86.0 Å².